The SMILES string of the molecule is CCCc1nc(C(=O)N(C)c2snc(C)c2C(=O)O)n[nH]1. The summed E-state index contributed by atoms with van der Waals surface area (Å²) >= 11 is 0.961. The van der Waals surface area contributed by atoms with Crippen LogP contribution in [0.2, 0.25) is 0 Å². The first-order valence-corrected chi connectivity index (χ1v) is 7.12. The van der Waals surface area contributed by atoms with Crippen molar-refractivity contribution < 1.29 is 14.7 Å². The van der Waals surface area contributed by atoms with Gasteiger partial charge in [0.2, 0.25) is 5.82 Å². The number of aromatic nitrogens is 4. The summed E-state index contributed by atoms with van der Waals surface area (Å²) in [4.78, 5) is 28.9. The molecule has 0 saturated heterocycles. The molecule has 2 aromatic rings. The standard InChI is InChI=1S/C12H15N5O3S/c1-4-5-7-13-9(15-14-7)10(18)17(3)11-8(12(19)20)6(2)16-21-11/h4-5H2,1-3H3,(H,19,20)(H,13,14,15). The van der Waals surface area contributed by atoms with E-state index in [1.165, 1.54) is 11.9 Å². The van der Waals surface area contributed by atoms with Crippen molar-refractivity contribution in [3.63, 3.8) is 0 Å². The summed E-state index contributed by atoms with van der Waals surface area (Å²) in [5, 5.41) is 16.0. The number of hydrogen-bond acceptors (Lipinski definition) is 6. The molecular weight excluding hydrogens is 294 g/mol. The van der Waals surface area contributed by atoms with Gasteiger partial charge in [0, 0.05) is 13.5 Å². The predicted molar refractivity (Wildman–Crippen MR) is 76.9 cm³/mol. The van der Waals surface area contributed by atoms with Crippen LogP contribution in [0.25, 0.3) is 0 Å². The second kappa shape index (κ2) is 6.00. The maximum Gasteiger partial charge on any atom is 0.340 e. The molecule has 0 radical (unpaired) electrons. The molecule has 112 valence electrons. The van der Waals surface area contributed by atoms with E-state index in [0.717, 1.165) is 18.0 Å². The molecule has 0 aromatic carbocycles. The van der Waals surface area contributed by atoms with Crippen molar-refractivity contribution in [3.05, 3.63) is 22.9 Å². The van der Waals surface area contributed by atoms with Gasteiger partial charge in [-0.2, -0.15) is 4.37 Å². The molecule has 2 rings (SSSR count). The van der Waals surface area contributed by atoms with E-state index in [1.807, 2.05) is 6.92 Å². The van der Waals surface area contributed by atoms with Gasteiger partial charge in [0.1, 0.15) is 16.4 Å². The van der Waals surface area contributed by atoms with Gasteiger partial charge in [-0.25, -0.2) is 9.78 Å². The summed E-state index contributed by atoms with van der Waals surface area (Å²) < 4.78 is 3.99. The number of carboxylic acid groups (broad SMARTS) is 1. The third-order valence-electron chi connectivity index (χ3n) is 2.88. The Morgan fingerprint density at radius 3 is 2.76 bits per heavy atom. The molecular formula is C12H15N5O3S. The highest BCUT2D eigenvalue weighted by atomic mass is 32.1. The molecule has 0 aliphatic rings. The predicted octanol–water partition coefficient (Wildman–Crippen LogP) is 1.50. The first-order chi connectivity index (χ1) is 9.95. The van der Waals surface area contributed by atoms with Crippen LogP contribution in [0, 0.1) is 6.92 Å². The summed E-state index contributed by atoms with van der Waals surface area (Å²) in [6.07, 6.45) is 1.58. The normalized spacial score (nSPS) is 10.6. The molecule has 0 unspecified atom stereocenters. The van der Waals surface area contributed by atoms with Gasteiger partial charge in [0.05, 0.1) is 5.69 Å². The third kappa shape index (κ3) is 2.92. The molecule has 0 saturated carbocycles. The Morgan fingerprint density at radius 2 is 2.14 bits per heavy atom. The molecule has 0 aliphatic heterocycles. The summed E-state index contributed by atoms with van der Waals surface area (Å²) in [5.74, 6) is -0.936. The number of nitrogens with zero attached hydrogens (tertiary/aromatic N) is 4. The van der Waals surface area contributed by atoms with Gasteiger partial charge in [-0.1, -0.05) is 6.92 Å². The lowest BCUT2D eigenvalue weighted by Crippen LogP contribution is -2.28. The van der Waals surface area contributed by atoms with E-state index in [9.17, 15) is 14.7 Å². The van der Waals surface area contributed by atoms with Gasteiger partial charge in [0.15, 0.2) is 0 Å². The van der Waals surface area contributed by atoms with E-state index in [1.54, 1.807) is 6.92 Å². The first-order valence-electron chi connectivity index (χ1n) is 6.34. The van der Waals surface area contributed by atoms with E-state index >= 15 is 0 Å². The molecule has 0 fully saturated rings. The summed E-state index contributed by atoms with van der Waals surface area (Å²) in [6, 6.07) is 0. The van der Waals surface area contributed by atoms with Crippen LogP contribution in [0.5, 0.6) is 0 Å². The van der Waals surface area contributed by atoms with Crippen molar-refractivity contribution >= 4 is 28.4 Å². The molecule has 0 spiro atoms. The molecule has 2 heterocycles. The molecule has 0 atom stereocenters. The molecule has 0 bridgehead atoms. The summed E-state index contributed by atoms with van der Waals surface area (Å²) in [5.41, 5.74) is 0.406. The Kier molecular flexibility index (Phi) is 4.32. The van der Waals surface area contributed by atoms with Crippen LogP contribution in [0.4, 0.5) is 5.00 Å². The largest absolute Gasteiger partial charge is 0.478 e. The zero-order valence-corrected chi connectivity index (χ0v) is 12.7. The van der Waals surface area contributed by atoms with Gasteiger partial charge in [-0.3, -0.25) is 14.8 Å². The van der Waals surface area contributed by atoms with Crippen LogP contribution in [0.3, 0.4) is 0 Å². The van der Waals surface area contributed by atoms with Crippen LogP contribution in [-0.2, 0) is 6.42 Å². The van der Waals surface area contributed by atoms with E-state index < -0.39 is 11.9 Å². The fourth-order valence-corrected chi connectivity index (χ4v) is 2.66. The number of anilines is 1. The number of rotatable bonds is 5. The number of H-pyrrole nitrogens is 1. The Bertz CT molecular complexity index is 678. The lowest BCUT2D eigenvalue weighted by molar-refractivity contribution is 0.0697. The molecule has 0 aliphatic carbocycles. The minimum absolute atomic E-state index is 0.0170. The number of carbonyl (C=O) groups is 2. The minimum Gasteiger partial charge on any atom is -0.478 e. The Morgan fingerprint density at radius 1 is 1.43 bits per heavy atom. The summed E-state index contributed by atoms with van der Waals surface area (Å²) in [7, 11) is 1.48. The second-order valence-corrected chi connectivity index (χ2v) is 5.23. The fraction of sp³-hybridized carbons (Fsp3) is 0.417. The zero-order chi connectivity index (χ0) is 15.6. The molecule has 8 nitrogen and oxygen atoms in total. The van der Waals surface area contributed by atoms with Crippen LogP contribution in [0.15, 0.2) is 0 Å². The van der Waals surface area contributed by atoms with E-state index in [-0.39, 0.29) is 16.4 Å². The fourth-order valence-electron chi connectivity index (χ4n) is 1.81. The number of hydrogen-bond donors (Lipinski definition) is 2. The number of carbonyl (C=O) groups excluding carboxylic acids is 1. The van der Waals surface area contributed by atoms with E-state index in [0.29, 0.717) is 17.9 Å². The van der Waals surface area contributed by atoms with Crippen LogP contribution >= 0.6 is 11.5 Å². The number of nitrogens with one attached hydrogen (secondary N) is 1. The van der Waals surface area contributed by atoms with Crippen LogP contribution in [-0.4, -0.2) is 43.6 Å². The number of carboxylic acids is 1. The smallest absolute Gasteiger partial charge is 0.340 e. The second-order valence-electron chi connectivity index (χ2n) is 4.47. The van der Waals surface area contributed by atoms with Crippen molar-refractivity contribution in [1.29, 1.82) is 0 Å². The number of aromatic carboxylic acids is 1. The molecule has 1 amide bonds. The van der Waals surface area contributed by atoms with Gasteiger partial charge >= 0.3 is 5.97 Å². The van der Waals surface area contributed by atoms with Crippen molar-refractivity contribution in [2.75, 3.05) is 11.9 Å². The molecule has 21 heavy (non-hydrogen) atoms. The third-order valence-corrected chi connectivity index (χ3v) is 3.89. The van der Waals surface area contributed by atoms with Gasteiger partial charge in [0.25, 0.3) is 5.91 Å². The van der Waals surface area contributed by atoms with Crippen molar-refractivity contribution in [2.45, 2.75) is 26.7 Å². The average molecular weight is 309 g/mol. The lowest BCUT2D eigenvalue weighted by Gasteiger charge is -2.13. The van der Waals surface area contributed by atoms with Gasteiger partial charge in [-0.05, 0) is 24.9 Å². The van der Waals surface area contributed by atoms with Gasteiger partial charge in [-0.15, -0.1) is 5.10 Å². The molecule has 9 heteroatoms. The van der Waals surface area contributed by atoms with Gasteiger partial charge < -0.3 is 5.11 Å². The molecule has 2 aromatic heterocycles. The van der Waals surface area contributed by atoms with Crippen molar-refractivity contribution in [2.24, 2.45) is 0 Å². The molecule has 2 N–H and O–H groups in total. The highest BCUT2D eigenvalue weighted by Crippen LogP contribution is 2.28. The lowest BCUT2D eigenvalue weighted by atomic mass is 10.2. The quantitative estimate of drug-likeness (QED) is 0.865. The Balaban J connectivity index is 2.28. The highest BCUT2D eigenvalue weighted by Gasteiger charge is 2.26. The first kappa shape index (κ1) is 15.1. The van der Waals surface area contributed by atoms with Crippen molar-refractivity contribution in [3.8, 4) is 0 Å². The number of aryl methyl sites for hydroxylation is 2. The maximum atomic E-state index is 12.3. The number of amides is 1. The van der Waals surface area contributed by atoms with E-state index in [2.05, 4.69) is 19.6 Å². The highest BCUT2D eigenvalue weighted by molar-refractivity contribution is 7.11. The minimum atomic E-state index is -1.11. The van der Waals surface area contributed by atoms with Crippen LogP contribution < -0.4 is 4.90 Å². The monoisotopic (exact) mass is 309 g/mol. The Labute approximate surface area is 125 Å². The average Bonchev–Trinajstić information content (AvgIpc) is 3.04. The van der Waals surface area contributed by atoms with E-state index in [4.69, 9.17) is 0 Å². The van der Waals surface area contributed by atoms with Crippen LogP contribution in [0.1, 0.15) is 45.8 Å². The van der Waals surface area contributed by atoms with Crippen molar-refractivity contribution in [1.82, 2.24) is 19.6 Å². The maximum absolute atomic E-state index is 12.3. The Hall–Kier alpha value is -2.29. The topological polar surface area (TPSA) is 112 Å². The number of aromatic amines is 1. The zero-order valence-electron chi connectivity index (χ0n) is 11.9. The summed E-state index contributed by atoms with van der Waals surface area (Å²) in [6.45, 7) is 3.59.